The Labute approximate surface area is 63.0 Å². The lowest BCUT2D eigenvalue weighted by Gasteiger charge is -2.00. The van der Waals surface area contributed by atoms with Gasteiger partial charge in [-0.1, -0.05) is 6.08 Å². The summed E-state index contributed by atoms with van der Waals surface area (Å²) < 4.78 is 1.57. The second-order valence-electron chi connectivity index (χ2n) is 2.39. The van der Waals surface area contributed by atoms with Crippen LogP contribution >= 0.6 is 0 Å². The Bertz CT molecular complexity index is 378. The van der Waals surface area contributed by atoms with Gasteiger partial charge in [0.1, 0.15) is 11.6 Å². The van der Waals surface area contributed by atoms with Crippen molar-refractivity contribution in [2.75, 3.05) is 5.73 Å². The smallest absolute Gasteiger partial charge is 0.256 e. The lowest BCUT2D eigenvalue weighted by Crippen LogP contribution is -2.20. The Morgan fingerprint density at radius 3 is 3.27 bits per heavy atom. The predicted molar refractivity (Wildman–Crippen MR) is 41.9 cm³/mol. The van der Waals surface area contributed by atoms with Gasteiger partial charge in [0, 0.05) is 12.6 Å². The van der Waals surface area contributed by atoms with Crippen molar-refractivity contribution in [2.45, 2.75) is 6.54 Å². The molecule has 0 aliphatic carbocycles. The number of allylic oxidation sites excluding steroid dienone is 1. The second kappa shape index (κ2) is 1.95. The molecule has 1 aliphatic heterocycles. The van der Waals surface area contributed by atoms with Crippen molar-refractivity contribution in [3.63, 3.8) is 0 Å². The van der Waals surface area contributed by atoms with Crippen LogP contribution < -0.4 is 11.3 Å². The molecular weight excluding hydrogens is 142 g/mol. The molecule has 56 valence electrons. The van der Waals surface area contributed by atoms with Gasteiger partial charge in [-0.15, -0.1) is 0 Å². The quantitative estimate of drug-likeness (QED) is 0.558. The summed E-state index contributed by atoms with van der Waals surface area (Å²) in [5.41, 5.74) is 5.29. The number of anilines is 1. The van der Waals surface area contributed by atoms with Gasteiger partial charge in [-0.2, -0.15) is 0 Å². The molecule has 0 fully saturated rings. The van der Waals surface area contributed by atoms with Crippen molar-refractivity contribution >= 4 is 11.9 Å². The maximum Gasteiger partial charge on any atom is 0.256 e. The maximum atomic E-state index is 11.1. The van der Waals surface area contributed by atoms with E-state index in [1.807, 2.05) is 6.08 Å². The minimum atomic E-state index is -0.0856. The Morgan fingerprint density at radius 2 is 2.45 bits per heavy atom. The third-order valence-electron chi connectivity index (χ3n) is 1.61. The molecule has 4 heteroatoms. The molecule has 1 aromatic heterocycles. The number of aromatic nitrogens is 2. The average molecular weight is 149 g/mol. The molecule has 0 unspecified atom stereocenters. The minimum Gasteiger partial charge on any atom is -0.383 e. The van der Waals surface area contributed by atoms with Gasteiger partial charge in [0.15, 0.2) is 0 Å². The van der Waals surface area contributed by atoms with Crippen LogP contribution in [0.15, 0.2) is 16.9 Å². The van der Waals surface area contributed by atoms with E-state index in [2.05, 4.69) is 4.98 Å². The lowest BCUT2D eigenvalue weighted by molar-refractivity contribution is 0.769. The van der Waals surface area contributed by atoms with Crippen molar-refractivity contribution in [3.8, 4) is 0 Å². The summed E-state index contributed by atoms with van der Waals surface area (Å²) in [6, 6.07) is 1.33. The number of nitrogen functional groups attached to an aromatic ring is 1. The fourth-order valence-corrected chi connectivity index (χ4v) is 1.12. The zero-order valence-corrected chi connectivity index (χ0v) is 5.82. The molecule has 0 bridgehead atoms. The van der Waals surface area contributed by atoms with Crippen molar-refractivity contribution in [2.24, 2.45) is 0 Å². The zero-order valence-electron chi connectivity index (χ0n) is 5.82. The van der Waals surface area contributed by atoms with Crippen LogP contribution in [0.3, 0.4) is 0 Å². The van der Waals surface area contributed by atoms with Crippen LogP contribution in [0, 0.1) is 0 Å². The molecule has 4 nitrogen and oxygen atoms in total. The maximum absolute atomic E-state index is 11.1. The number of nitrogens with zero attached hydrogens (tertiary/aromatic N) is 2. The van der Waals surface area contributed by atoms with E-state index in [1.165, 1.54) is 6.07 Å². The fourth-order valence-electron chi connectivity index (χ4n) is 1.12. The third kappa shape index (κ3) is 0.832. The van der Waals surface area contributed by atoms with E-state index in [0.717, 1.165) is 0 Å². The Balaban J connectivity index is 2.76. The van der Waals surface area contributed by atoms with Gasteiger partial charge in [0.05, 0.1) is 0 Å². The topological polar surface area (TPSA) is 60.9 Å². The van der Waals surface area contributed by atoms with Gasteiger partial charge in [-0.05, 0) is 6.08 Å². The Kier molecular flexibility index (Phi) is 1.09. The Morgan fingerprint density at radius 1 is 1.64 bits per heavy atom. The van der Waals surface area contributed by atoms with Crippen LogP contribution in [0.4, 0.5) is 5.82 Å². The van der Waals surface area contributed by atoms with Crippen LogP contribution in [0.2, 0.25) is 0 Å². The number of fused-ring (bicyclic) bond motifs is 1. The first-order chi connectivity index (χ1) is 5.27. The summed E-state index contributed by atoms with van der Waals surface area (Å²) in [6.45, 7) is 0.613. The molecular formula is C7H7N3O. The second-order valence-corrected chi connectivity index (χ2v) is 2.39. The van der Waals surface area contributed by atoms with Crippen LogP contribution in [0.25, 0.3) is 6.08 Å². The SMILES string of the molecule is Nc1cc(=O)n2c(n1)C=CC2. The number of hydrogen-bond donors (Lipinski definition) is 1. The summed E-state index contributed by atoms with van der Waals surface area (Å²) in [6.07, 6.45) is 3.67. The molecule has 2 N–H and O–H groups in total. The predicted octanol–water partition coefficient (Wildman–Crippen LogP) is -0.148. The van der Waals surface area contributed by atoms with Gasteiger partial charge in [0.2, 0.25) is 0 Å². The van der Waals surface area contributed by atoms with Crippen molar-refractivity contribution in [1.29, 1.82) is 0 Å². The standard InChI is InChI=1S/C7H7N3O/c8-5-4-7(11)10-3-1-2-6(10)9-5/h1-2,4H,3,8H2. The highest BCUT2D eigenvalue weighted by atomic mass is 16.1. The van der Waals surface area contributed by atoms with Gasteiger partial charge in [-0.25, -0.2) is 4.98 Å². The normalized spacial score (nSPS) is 13.5. The van der Waals surface area contributed by atoms with Crippen molar-refractivity contribution in [3.05, 3.63) is 28.3 Å². The summed E-state index contributed by atoms with van der Waals surface area (Å²) in [7, 11) is 0. The molecule has 1 aliphatic rings. The molecule has 0 radical (unpaired) electrons. The summed E-state index contributed by atoms with van der Waals surface area (Å²) >= 11 is 0. The van der Waals surface area contributed by atoms with Gasteiger partial charge >= 0.3 is 0 Å². The average Bonchev–Trinajstić information content (AvgIpc) is 2.34. The van der Waals surface area contributed by atoms with E-state index in [4.69, 9.17) is 5.73 Å². The largest absolute Gasteiger partial charge is 0.383 e. The van der Waals surface area contributed by atoms with Crippen LogP contribution in [0.1, 0.15) is 5.82 Å². The molecule has 11 heavy (non-hydrogen) atoms. The molecule has 0 aromatic carbocycles. The van der Waals surface area contributed by atoms with E-state index in [-0.39, 0.29) is 11.4 Å². The molecule has 0 saturated heterocycles. The first kappa shape index (κ1) is 6.15. The third-order valence-corrected chi connectivity index (χ3v) is 1.61. The van der Waals surface area contributed by atoms with Gasteiger partial charge in [0.25, 0.3) is 5.56 Å². The molecule has 1 aromatic rings. The van der Waals surface area contributed by atoms with Crippen molar-refractivity contribution < 1.29 is 0 Å². The number of hydrogen-bond acceptors (Lipinski definition) is 3. The van der Waals surface area contributed by atoms with E-state index in [1.54, 1.807) is 10.6 Å². The summed E-state index contributed by atoms with van der Waals surface area (Å²) in [5.74, 6) is 0.933. The first-order valence-electron chi connectivity index (χ1n) is 3.31. The molecule has 0 atom stereocenters. The number of rotatable bonds is 0. The Hall–Kier alpha value is -1.58. The first-order valence-corrected chi connectivity index (χ1v) is 3.31. The highest BCUT2D eigenvalue weighted by molar-refractivity contribution is 5.46. The van der Waals surface area contributed by atoms with E-state index in [0.29, 0.717) is 12.4 Å². The van der Waals surface area contributed by atoms with Gasteiger partial charge in [-0.3, -0.25) is 9.36 Å². The van der Waals surface area contributed by atoms with E-state index >= 15 is 0 Å². The van der Waals surface area contributed by atoms with Crippen molar-refractivity contribution in [1.82, 2.24) is 9.55 Å². The van der Waals surface area contributed by atoms with Gasteiger partial charge < -0.3 is 5.73 Å². The number of nitrogens with two attached hydrogens (primary N) is 1. The highest BCUT2D eigenvalue weighted by Crippen LogP contribution is 2.05. The zero-order chi connectivity index (χ0) is 7.84. The van der Waals surface area contributed by atoms with Crippen LogP contribution in [-0.2, 0) is 6.54 Å². The molecule has 2 heterocycles. The van der Waals surface area contributed by atoms with E-state index < -0.39 is 0 Å². The van der Waals surface area contributed by atoms with Crippen LogP contribution in [-0.4, -0.2) is 9.55 Å². The fraction of sp³-hybridized carbons (Fsp3) is 0.143. The lowest BCUT2D eigenvalue weighted by atomic mass is 10.5. The molecule has 0 amide bonds. The van der Waals surface area contributed by atoms with Crippen LogP contribution in [0.5, 0.6) is 0 Å². The van der Waals surface area contributed by atoms with E-state index in [9.17, 15) is 4.79 Å². The summed E-state index contributed by atoms with van der Waals surface area (Å²) in [5, 5.41) is 0. The summed E-state index contributed by atoms with van der Waals surface area (Å²) in [4.78, 5) is 15.1. The molecule has 2 rings (SSSR count). The monoisotopic (exact) mass is 149 g/mol. The molecule has 0 saturated carbocycles. The molecule has 0 spiro atoms. The highest BCUT2D eigenvalue weighted by Gasteiger charge is 2.06. The minimum absolute atomic E-state index is 0.0856.